The molecule has 0 aliphatic carbocycles. The number of piperidine rings is 1. The van der Waals surface area contributed by atoms with Crippen molar-refractivity contribution < 1.29 is 9.90 Å². The highest BCUT2D eigenvalue weighted by molar-refractivity contribution is 6.31. The van der Waals surface area contributed by atoms with Gasteiger partial charge in [-0.05, 0) is 69.4 Å². The van der Waals surface area contributed by atoms with Gasteiger partial charge in [-0.3, -0.25) is 4.90 Å². The highest BCUT2D eigenvalue weighted by Gasteiger charge is 2.21. The SMILES string of the molecule is CN1CCC(NC(=O)N(C)c2ccc(N=C(c3ccccc3)c3c(O)[nH]c4cc(Cl)ccc34)cc2)CC1. The number of benzene rings is 3. The van der Waals surface area contributed by atoms with E-state index >= 15 is 0 Å². The fourth-order valence-corrected chi connectivity index (χ4v) is 4.85. The molecule has 8 heteroatoms. The van der Waals surface area contributed by atoms with Crippen molar-refractivity contribution in [1.82, 2.24) is 15.2 Å². The van der Waals surface area contributed by atoms with Gasteiger partial charge in [0.25, 0.3) is 0 Å². The van der Waals surface area contributed by atoms with Gasteiger partial charge in [-0.2, -0.15) is 0 Å². The zero-order valence-corrected chi connectivity index (χ0v) is 21.7. The molecule has 3 N–H and O–H groups in total. The Labute approximate surface area is 221 Å². The second kappa shape index (κ2) is 10.7. The van der Waals surface area contributed by atoms with E-state index in [-0.39, 0.29) is 18.0 Å². The van der Waals surface area contributed by atoms with E-state index in [0.717, 1.165) is 48.1 Å². The standard InChI is InChI=1S/C29H30ClN5O2/c1-34-16-14-22(15-17-34)32-29(37)35(2)23-11-9-21(10-12-23)31-27(19-6-4-3-5-7-19)26-24-13-8-20(30)18-25(24)33-28(26)36/h3-13,18,22,33,36H,14-17H2,1-2H3,(H,32,37). The van der Waals surface area contributed by atoms with Crippen molar-refractivity contribution in [2.24, 2.45) is 4.99 Å². The second-order valence-corrected chi connectivity index (χ2v) is 9.90. The Morgan fingerprint density at radius 3 is 2.49 bits per heavy atom. The first kappa shape index (κ1) is 24.9. The lowest BCUT2D eigenvalue weighted by molar-refractivity contribution is 0.218. The van der Waals surface area contributed by atoms with E-state index in [0.29, 0.717) is 22.0 Å². The minimum Gasteiger partial charge on any atom is -0.494 e. The van der Waals surface area contributed by atoms with Gasteiger partial charge in [0, 0.05) is 34.7 Å². The average Bonchev–Trinajstić information content (AvgIpc) is 3.23. The van der Waals surface area contributed by atoms with Crippen molar-refractivity contribution in [3.05, 3.63) is 88.9 Å². The summed E-state index contributed by atoms with van der Waals surface area (Å²) in [5, 5.41) is 15.4. The summed E-state index contributed by atoms with van der Waals surface area (Å²) in [6.07, 6.45) is 1.91. The number of aromatic amines is 1. The molecule has 1 aromatic heterocycles. The smallest absolute Gasteiger partial charge is 0.321 e. The van der Waals surface area contributed by atoms with Crippen LogP contribution >= 0.6 is 11.6 Å². The maximum atomic E-state index is 12.8. The van der Waals surface area contributed by atoms with E-state index < -0.39 is 0 Å². The number of aromatic hydroxyl groups is 1. The zero-order valence-electron chi connectivity index (χ0n) is 20.9. The maximum absolute atomic E-state index is 12.8. The summed E-state index contributed by atoms with van der Waals surface area (Å²) in [5.74, 6) is 0.0294. The van der Waals surface area contributed by atoms with E-state index in [4.69, 9.17) is 16.6 Å². The Hall–Kier alpha value is -3.81. The number of fused-ring (bicyclic) bond motifs is 1. The van der Waals surface area contributed by atoms with E-state index in [1.54, 1.807) is 24.1 Å². The van der Waals surface area contributed by atoms with Gasteiger partial charge < -0.3 is 20.3 Å². The van der Waals surface area contributed by atoms with Crippen LogP contribution in [0.5, 0.6) is 5.88 Å². The van der Waals surface area contributed by atoms with E-state index in [9.17, 15) is 9.90 Å². The molecular formula is C29H30ClN5O2. The van der Waals surface area contributed by atoms with Crippen LogP contribution in [0.15, 0.2) is 77.8 Å². The largest absolute Gasteiger partial charge is 0.494 e. The summed E-state index contributed by atoms with van der Waals surface area (Å²) in [5.41, 5.74) is 4.32. The van der Waals surface area contributed by atoms with Gasteiger partial charge in [-0.1, -0.05) is 48.0 Å². The molecule has 0 unspecified atom stereocenters. The molecule has 1 fully saturated rings. The van der Waals surface area contributed by atoms with Crippen molar-refractivity contribution in [3.8, 4) is 5.88 Å². The summed E-state index contributed by atoms with van der Waals surface area (Å²) < 4.78 is 0. The number of hydrogen-bond acceptors (Lipinski definition) is 4. The Kier molecular flexibility index (Phi) is 7.17. The molecule has 1 aliphatic rings. The predicted molar refractivity (Wildman–Crippen MR) is 151 cm³/mol. The van der Waals surface area contributed by atoms with Crippen LogP contribution < -0.4 is 10.2 Å². The number of aromatic nitrogens is 1. The Bertz CT molecular complexity index is 1420. The van der Waals surface area contributed by atoms with Crippen LogP contribution in [0.2, 0.25) is 5.02 Å². The number of hydrogen-bond donors (Lipinski definition) is 3. The monoisotopic (exact) mass is 515 g/mol. The Balaban J connectivity index is 1.43. The first-order chi connectivity index (χ1) is 17.9. The number of anilines is 1. The number of urea groups is 1. The normalized spacial score (nSPS) is 15.2. The zero-order chi connectivity index (χ0) is 25.9. The van der Waals surface area contributed by atoms with Crippen molar-refractivity contribution in [2.45, 2.75) is 18.9 Å². The molecule has 190 valence electrons. The third kappa shape index (κ3) is 5.48. The molecule has 0 atom stereocenters. The summed E-state index contributed by atoms with van der Waals surface area (Å²) in [6, 6.07) is 22.8. The highest BCUT2D eigenvalue weighted by Crippen LogP contribution is 2.33. The lowest BCUT2D eigenvalue weighted by atomic mass is 10.0. The molecular weight excluding hydrogens is 486 g/mol. The van der Waals surface area contributed by atoms with Gasteiger partial charge >= 0.3 is 6.03 Å². The number of nitrogens with one attached hydrogen (secondary N) is 2. The topological polar surface area (TPSA) is 84.0 Å². The molecule has 3 aromatic carbocycles. The number of H-pyrrole nitrogens is 1. The van der Waals surface area contributed by atoms with Crippen molar-refractivity contribution in [3.63, 3.8) is 0 Å². The lowest BCUT2D eigenvalue weighted by Crippen LogP contribution is -2.47. The number of nitrogens with zero attached hydrogens (tertiary/aromatic N) is 3. The molecule has 1 saturated heterocycles. The van der Waals surface area contributed by atoms with Crippen LogP contribution in [-0.2, 0) is 0 Å². The van der Waals surface area contributed by atoms with Crippen molar-refractivity contribution >= 4 is 45.6 Å². The number of rotatable bonds is 5. The van der Waals surface area contributed by atoms with Crippen LogP contribution in [0.3, 0.4) is 0 Å². The molecule has 0 saturated carbocycles. The van der Waals surface area contributed by atoms with Crippen LogP contribution in [0.1, 0.15) is 24.0 Å². The van der Waals surface area contributed by atoms with Gasteiger partial charge in [-0.25, -0.2) is 9.79 Å². The number of carbonyl (C=O) groups excluding carboxylic acids is 1. The Morgan fingerprint density at radius 1 is 1.08 bits per heavy atom. The molecule has 2 amide bonds. The molecule has 7 nitrogen and oxygen atoms in total. The van der Waals surface area contributed by atoms with Crippen LogP contribution in [-0.4, -0.2) is 60.0 Å². The molecule has 0 bridgehead atoms. The van der Waals surface area contributed by atoms with E-state index in [1.807, 2.05) is 60.7 Å². The average molecular weight is 516 g/mol. The first-order valence-electron chi connectivity index (χ1n) is 12.4. The van der Waals surface area contributed by atoms with Gasteiger partial charge in [0.1, 0.15) is 0 Å². The molecule has 37 heavy (non-hydrogen) atoms. The third-order valence-electron chi connectivity index (χ3n) is 6.85. The minimum absolute atomic E-state index is 0.0294. The molecule has 0 spiro atoms. The van der Waals surface area contributed by atoms with Crippen LogP contribution in [0, 0.1) is 0 Å². The van der Waals surface area contributed by atoms with Crippen molar-refractivity contribution in [1.29, 1.82) is 0 Å². The van der Waals surface area contributed by atoms with Gasteiger partial charge in [0.15, 0.2) is 5.88 Å². The number of likely N-dealkylation sites (tertiary alicyclic amines) is 1. The lowest BCUT2D eigenvalue weighted by Gasteiger charge is -2.30. The molecule has 2 heterocycles. The van der Waals surface area contributed by atoms with Gasteiger partial charge in [-0.15, -0.1) is 0 Å². The third-order valence-corrected chi connectivity index (χ3v) is 7.09. The summed E-state index contributed by atoms with van der Waals surface area (Å²) in [6.45, 7) is 1.98. The molecule has 4 aromatic rings. The second-order valence-electron chi connectivity index (χ2n) is 9.47. The summed E-state index contributed by atoms with van der Waals surface area (Å²) in [4.78, 5) is 24.7. The number of amides is 2. The fraction of sp³-hybridized carbons (Fsp3) is 0.241. The van der Waals surface area contributed by atoms with E-state index in [2.05, 4.69) is 22.2 Å². The predicted octanol–water partition coefficient (Wildman–Crippen LogP) is 5.94. The maximum Gasteiger partial charge on any atom is 0.321 e. The van der Waals surface area contributed by atoms with Gasteiger partial charge in [0.2, 0.25) is 0 Å². The van der Waals surface area contributed by atoms with Crippen molar-refractivity contribution in [2.75, 3.05) is 32.1 Å². The first-order valence-corrected chi connectivity index (χ1v) is 12.7. The molecule has 0 radical (unpaired) electrons. The number of carbonyl (C=O) groups is 1. The van der Waals surface area contributed by atoms with E-state index in [1.165, 1.54) is 0 Å². The van der Waals surface area contributed by atoms with Crippen LogP contribution in [0.25, 0.3) is 10.9 Å². The quantitative estimate of drug-likeness (QED) is 0.288. The molecule has 5 rings (SSSR count). The highest BCUT2D eigenvalue weighted by atomic mass is 35.5. The minimum atomic E-state index is -0.113. The Morgan fingerprint density at radius 2 is 1.78 bits per heavy atom. The summed E-state index contributed by atoms with van der Waals surface area (Å²) >= 11 is 6.16. The summed E-state index contributed by atoms with van der Waals surface area (Å²) in [7, 11) is 3.87. The van der Waals surface area contributed by atoms with Crippen LogP contribution in [0.4, 0.5) is 16.2 Å². The number of aliphatic imine (C=N–C) groups is 1. The number of halogens is 1. The molecule has 1 aliphatic heterocycles. The fourth-order valence-electron chi connectivity index (χ4n) is 4.68. The van der Waals surface area contributed by atoms with Gasteiger partial charge in [0.05, 0.1) is 22.5 Å².